The molecule has 2 aromatic heterocycles. The molecule has 0 bridgehead atoms. The van der Waals surface area contributed by atoms with E-state index in [1.165, 1.54) is 11.9 Å². The molecule has 0 N–H and O–H groups in total. The standard InChI is InChI=1S/C19H19N5O3/c25-19(15-2-1-3-18-20-12-21-24(15)18)23-8-6-22(7-9-23)11-14-4-5-16-17(10-14)27-13-26-16/h1-5,10,12H,6-9,11,13H2. The Morgan fingerprint density at radius 2 is 1.89 bits per heavy atom. The Bertz CT molecular complexity index is 994. The summed E-state index contributed by atoms with van der Waals surface area (Å²) in [5.74, 6) is 1.60. The van der Waals surface area contributed by atoms with Gasteiger partial charge in [0.1, 0.15) is 12.0 Å². The number of nitrogens with zero attached hydrogens (tertiary/aromatic N) is 5. The molecule has 0 radical (unpaired) electrons. The van der Waals surface area contributed by atoms with Crippen molar-refractivity contribution in [1.82, 2.24) is 24.4 Å². The number of rotatable bonds is 3. The average molecular weight is 365 g/mol. The fraction of sp³-hybridized carbons (Fsp3) is 0.316. The van der Waals surface area contributed by atoms with E-state index in [4.69, 9.17) is 9.47 Å². The number of fused-ring (bicyclic) bond motifs is 2. The van der Waals surface area contributed by atoms with Gasteiger partial charge < -0.3 is 14.4 Å². The number of carbonyl (C=O) groups is 1. The quantitative estimate of drug-likeness (QED) is 0.699. The van der Waals surface area contributed by atoms with Crippen molar-refractivity contribution < 1.29 is 14.3 Å². The molecule has 8 nitrogen and oxygen atoms in total. The van der Waals surface area contributed by atoms with E-state index in [1.807, 2.05) is 29.2 Å². The summed E-state index contributed by atoms with van der Waals surface area (Å²) in [5, 5.41) is 4.16. The molecule has 5 rings (SSSR count). The molecule has 1 saturated heterocycles. The highest BCUT2D eigenvalue weighted by molar-refractivity contribution is 5.93. The van der Waals surface area contributed by atoms with Gasteiger partial charge in [-0.1, -0.05) is 12.1 Å². The fourth-order valence-electron chi connectivity index (χ4n) is 3.58. The molecule has 4 heterocycles. The Kier molecular flexibility index (Phi) is 3.90. The first kappa shape index (κ1) is 16.1. The van der Waals surface area contributed by atoms with Crippen molar-refractivity contribution in [1.29, 1.82) is 0 Å². The second-order valence-corrected chi connectivity index (χ2v) is 6.70. The Balaban J connectivity index is 1.24. The van der Waals surface area contributed by atoms with Gasteiger partial charge in [-0.3, -0.25) is 9.69 Å². The molecule has 1 fully saturated rings. The third-order valence-electron chi connectivity index (χ3n) is 5.02. The van der Waals surface area contributed by atoms with Gasteiger partial charge >= 0.3 is 0 Å². The van der Waals surface area contributed by atoms with Crippen molar-refractivity contribution in [2.45, 2.75) is 6.54 Å². The molecule has 0 atom stereocenters. The summed E-state index contributed by atoms with van der Waals surface area (Å²) in [5.41, 5.74) is 2.42. The summed E-state index contributed by atoms with van der Waals surface area (Å²) in [6, 6.07) is 11.5. The number of carbonyl (C=O) groups excluding carboxylic acids is 1. The van der Waals surface area contributed by atoms with Crippen molar-refractivity contribution in [3.8, 4) is 11.5 Å². The number of ether oxygens (including phenoxy) is 2. The summed E-state index contributed by atoms with van der Waals surface area (Å²) in [6.45, 7) is 4.15. The third-order valence-corrected chi connectivity index (χ3v) is 5.02. The van der Waals surface area contributed by atoms with Crippen molar-refractivity contribution in [2.75, 3.05) is 33.0 Å². The number of piperazine rings is 1. The molecule has 2 aliphatic rings. The van der Waals surface area contributed by atoms with Crippen LogP contribution in [0.15, 0.2) is 42.7 Å². The van der Waals surface area contributed by atoms with Gasteiger partial charge in [-0.2, -0.15) is 5.10 Å². The summed E-state index contributed by atoms with van der Waals surface area (Å²) >= 11 is 0. The van der Waals surface area contributed by atoms with Gasteiger partial charge in [0.25, 0.3) is 5.91 Å². The number of pyridine rings is 1. The normalized spacial score (nSPS) is 16.8. The summed E-state index contributed by atoms with van der Waals surface area (Å²) < 4.78 is 12.4. The van der Waals surface area contributed by atoms with E-state index in [-0.39, 0.29) is 12.7 Å². The Hall–Kier alpha value is -3.13. The van der Waals surface area contributed by atoms with Crippen LogP contribution in [-0.4, -0.2) is 63.3 Å². The minimum atomic E-state index is -0.00571. The Labute approximate surface area is 155 Å². The van der Waals surface area contributed by atoms with Crippen LogP contribution in [-0.2, 0) is 6.54 Å². The van der Waals surface area contributed by atoms with Gasteiger partial charge in [-0.05, 0) is 29.8 Å². The van der Waals surface area contributed by atoms with Crippen molar-refractivity contribution in [2.24, 2.45) is 0 Å². The highest BCUT2D eigenvalue weighted by atomic mass is 16.7. The van der Waals surface area contributed by atoms with Gasteiger partial charge in [0, 0.05) is 32.7 Å². The van der Waals surface area contributed by atoms with Crippen LogP contribution in [0, 0.1) is 0 Å². The van der Waals surface area contributed by atoms with Crippen LogP contribution in [0.3, 0.4) is 0 Å². The molecular weight excluding hydrogens is 346 g/mol. The first-order valence-electron chi connectivity index (χ1n) is 8.97. The SMILES string of the molecule is O=C(c1cccc2ncnn12)N1CCN(Cc2ccc3c(c2)OCO3)CC1. The second kappa shape index (κ2) is 6.55. The zero-order valence-corrected chi connectivity index (χ0v) is 14.7. The monoisotopic (exact) mass is 365 g/mol. The molecular formula is C19H19N5O3. The van der Waals surface area contributed by atoms with Gasteiger partial charge in [0.05, 0.1) is 0 Å². The second-order valence-electron chi connectivity index (χ2n) is 6.70. The predicted octanol–water partition coefficient (Wildman–Crippen LogP) is 1.42. The number of hydrogen-bond donors (Lipinski definition) is 0. The van der Waals surface area contributed by atoms with Crippen LogP contribution in [0.25, 0.3) is 5.65 Å². The lowest BCUT2D eigenvalue weighted by molar-refractivity contribution is 0.0620. The molecule has 1 amide bonds. The van der Waals surface area contributed by atoms with E-state index in [1.54, 1.807) is 10.6 Å². The van der Waals surface area contributed by atoms with Crippen LogP contribution in [0.4, 0.5) is 0 Å². The lowest BCUT2D eigenvalue weighted by Gasteiger charge is -2.34. The van der Waals surface area contributed by atoms with Gasteiger partial charge in [-0.15, -0.1) is 0 Å². The molecule has 3 aromatic rings. The van der Waals surface area contributed by atoms with Crippen molar-refractivity contribution in [3.63, 3.8) is 0 Å². The lowest BCUT2D eigenvalue weighted by Crippen LogP contribution is -2.48. The van der Waals surface area contributed by atoms with E-state index in [0.29, 0.717) is 24.4 Å². The van der Waals surface area contributed by atoms with Crippen LogP contribution in [0.1, 0.15) is 16.1 Å². The topological polar surface area (TPSA) is 72.2 Å². The predicted molar refractivity (Wildman–Crippen MR) is 96.7 cm³/mol. The molecule has 0 spiro atoms. The Morgan fingerprint density at radius 1 is 1.04 bits per heavy atom. The van der Waals surface area contributed by atoms with Gasteiger partial charge in [0.15, 0.2) is 17.1 Å². The summed E-state index contributed by atoms with van der Waals surface area (Å²) in [7, 11) is 0. The van der Waals surface area contributed by atoms with Crippen LogP contribution in [0.2, 0.25) is 0 Å². The van der Waals surface area contributed by atoms with Crippen LogP contribution < -0.4 is 9.47 Å². The van der Waals surface area contributed by atoms with E-state index in [9.17, 15) is 4.79 Å². The summed E-state index contributed by atoms with van der Waals surface area (Å²) in [4.78, 5) is 21.3. The lowest BCUT2D eigenvalue weighted by atomic mass is 10.1. The largest absolute Gasteiger partial charge is 0.454 e. The Morgan fingerprint density at radius 3 is 2.78 bits per heavy atom. The zero-order chi connectivity index (χ0) is 18.2. The first-order chi connectivity index (χ1) is 13.3. The van der Waals surface area contributed by atoms with Crippen LogP contribution in [0.5, 0.6) is 11.5 Å². The van der Waals surface area contributed by atoms with Crippen LogP contribution >= 0.6 is 0 Å². The van der Waals surface area contributed by atoms with E-state index in [2.05, 4.69) is 21.0 Å². The maximum Gasteiger partial charge on any atom is 0.272 e. The molecule has 0 unspecified atom stereocenters. The van der Waals surface area contributed by atoms with Gasteiger partial charge in [0.2, 0.25) is 6.79 Å². The number of hydrogen-bond acceptors (Lipinski definition) is 6. The first-order valence-corrected chi connectivity index (χ1v) is 8.97. The average Bonchev–Trinajstić information content (AvgIpc) is 3.36. The molecule has 0 saturated carbocycles. The maximum absolute atomic E-state index is 12.9. The maximum atomic E-state index is 12.9. The minimum Gasteiger partial charge on any atom is -0.454 e. The highest BCUT2D eigenvalue weighted by Crippen LogP contribution is 2.32. The number of amides is 1. The van der Waals surface area contributed by atoms with E-state index >= 15 is 0 Å². The fourth-order valence-corrected chi connectivity index (χ4v) is 3.58. The number of aromatic nitrogens is 3. The van der Waals surface area contributed by atoms with Gasteiger partial charge in [-0.25, -0.2) is 9.50 Å². The highest BCUT2D eigenvalue weighted by Gasteiger charge is 2.24. The van der Waals surface area contributed by atoms with Crippen molar-refractivity contribution >= 4 is 11.6 Å². The van der Waals surface area contributed by atoms with Crippen molar-refractivity contribution in [3.05, 3.63) is 54.0 Å². The molecule has 138 valence electrons. The molecule has 27 heavy (non-hydrogen) atoms. The smallest absolute Gasteiger partial charge is 0.272 e. The van der Waals surface area contributed by atoms with E-state index in [0.717, 1.165) is 31.1 Å². The molecule has 1 aromatic carbocycles. The number of benzene rings is 1. The zero-order valence-electron chi connectivity index (χ0n) is 14.7. The molecule has 0 aliphatic carbocycles. The minimum absolute atomic E-state index is 0.00571. The third kappa shape index (κ3) is 2.97. The molecule has 8 heteroatoms. The van der Waals surface area contributed by atoms with E-state index < -0.39 is 0 Å². The molecule has 2 aliphatic heterocycles. The summed E-state index contributed by atoms with van der Waals surface area (Å²) in [6.07, 6.45) is 1.47.